The zero-order chi connectivity index (χ0) is 14.5. The molecule has 106 valence electrons. The average molecular weight is 328 g/mol. The fraction of sp³-hybridized carbons (Fsp3) is 0.294. The Hall–Kier alpha value is -0.690. The van der Waals surface area contributed by atoms with Crippen molar-refractivity contribution in [1.29, 1.82) is 0 Å². The van der Waals surface area contributed by atoms with Gasteiger partial charge in [0, 0.05) is 10.0 Å². The van der Waals surface area contributed by atoms with Crippen LogP contribution in [0.3, 0.4) is 0 Å². The summed E-state index contributed by atoms with van der Waals surface area (Å²) >= 11 is 18.7. The van der Waals surface area contributed by atoms with Gasteiger partial charge in [-0.15, -0.1) is 11.6 Å². The Morgan fingerprint density at radius 2 is 1.70 bits per heavy atom. The summed E-state index contributed by atoms with van der Waals surface area (Å²) in [4.78, 5) is 0. The van der Waals surface area contributed by atoms with E-state index in [1.165, 1.54) is 18.4 Å². The molecule has 3 heteroatoms. The second-order valence-electron chi connectivity index (χ2n) is 4.87. The van der Waals surface area contributed by atoms with Crippen LogP contribution in [0.25, 0.3) is 0 Å². The van der Waals surface area contributed by atoms with E-state index in [0.29, 0.717) is 10.0 Å². The Balaban J connectivity index is 2.20. The maximum atomic E-state index is 6.52. The Morgan fingerprint density at radius 1 is 1.00 bits per heavy atom. The maximum Gasteiger partial charge on any atom is 0.0850 e. The van der Waals surface area contributed by atoms with E-state index in [9.17, 15) is 0 Å². The molecule has 0 amide bonds. The van der Waals surface area contributed by atoms with Crippen molar-refractivity contribution < 1.29 is 0 Å². The SMILES string of the molecule is CCCCc1ccc(C(Cl)c2cc(Cl)ccc2Cl)cc1. The van der Waals surface area contributed by atoms with Crippen molar-refractivity contribution in [3.05, 3.63) is 69.2 Å². The number of unbranched alkanes of at least 4 members (excludes halogenated alkanes) is 1. The molecule has 0 fully saturated rings. The molecule has 2 rings (SSSR count). The summed E-state index contributed by atoms with van der Waals surface area (Å²) < 4.78 is 0. The van der Waals surface area contributed by atoms with E-state index in [2.05, 4.69) is 31.2 Å². The molecule has 20 heavy (non-hydrogen) atoms. The highest BCUT2D eigenvalue weighted by Gasteiger charge is 2.14. The van der Waals surface area contributed by atoms with Crippen LogP contribution in [-0.2, 0) is 6.42 Å². The van der Waals surface area contributed by atoms with Crippen molar-refractivity contribution in [3.63, 3.8) is 0 Å². The van der Waals surface area contributed by atoms with Crippen molar-refractivity contribution in [2.75, 3.05) is 0 Å². The third-order valence-corrected chi connectivity index (χ3v) is 4.39. The molecule has 0 aliphatic carbocycles. The van der Waals surface area contributed by atoms with E-state index in [-0.39, 0.29) is 5.38 Å². The van der Waals surface area contributed by atoms with Crippen LogP contribution >= 0.6 is 34.8 Å². The van der Waals surface area contributed by atoms with Gasteiger partial charge in [-0.1, -0.05) is 60.8 Å². The van der Waals surface area contributed by atoms with Gasteiger partial charge in [0.2, 0.25) is 0 Å². The molecule has 2 aromatic carbocycles. The average Bonchev–Trinajstić information content (AvgIpc) is 2.47. The van der Waals surface area contributed by atoms with Gasteiger partial charge in [-0.2, -0.15) is 0 Å². The zero-order valence-electron chi connectivity index (χ0n) is 11.4. The predicted octanol–water partition coefficient (Wildman–Crippen LogP) is 6.66. The molecule has 0 heterocycles. The van der Waals surface area contributed by atoms with Crippen molar-refractivity contribution in [2.45, 2.75) is 31.6 Å². The Bertz CT molecular complexity index is 561. The van der Waals surface area contributed by atoms with E-state index in [1.807, 2.05) is 6.07 Å². The fourth-order valence-corrected chi connectivity index (χ4v) is 2.91. The lowest BCUT2D eigenvalue weighted by Gasteiger charge is -2.13. The topological polar surface area (TPSA) is 0 Å². The Labute approximate surface area is 135 Å². The number of benzene rings is 2. The number of hydrogen-bond acceptors (Lipinski definition) is 0. The van der Waals surface area contributed by atoms with Gasteiger partial charge in [0.1, 0.15) is 0 Å². The molecule has 0 radical (unpaired) electrons. The first-order valence-electron chi connectivity index (χ1n) is 6.79. The molecule has 1 unspecified atom stereocenters. The first-order valence-corrected chi connectivity index (χ1v) is 7.99. The van der Waals surface area contributed by atoms with Gasteiger partial charge in [0.15, 0.2) is 0 Å². The molecule has 0 N–H and O–H groups in total. The maximum absolute atomic E-state index is 6.52. The minimum Gasteiger partial charge on any atom is -0.113 e. The highest BCUT2D eigenvalue weighted by Crippen LogP contribution is 2.35. The van der Waals surface area contributed by atoms with Crippen LogP contribution in [-0.4, -0.2) is 0 Å². The van der Waals surface area contributed by atoms with Gasteiger partial charge in [0.05, 0.1) is 5.38 Å². The molecule has 0 aromatic heterocycles. The predicted molar refractivity (Wildman–Crippen MR) is 89.2 cm³/mol. The third-order valence-electron chi connectivity index (χ3n) is 3.32. The molecule has 0 saturated heterocycles. The summed E-state index contributed by atoms with van der Waals surface area (Å²) in [6.07, 6.45) is 3.53. The van der Waals surface area contributed by atoms with Crippen molar-refractivity contribution in [3.8, 4) is 0 Å². The van der Waals surface area contributed by atoms with E-state index in [4.69, 9.17) is 34.8 Å². The van der Waals surface area contributed by atoms with Gasteiger partial charge < -0.3 is 0 Å². The summed E-state index contributed by atoms with van der Waals surface area (Å²) in [5.41, 5.74) is 3.23. The number of hydrogen-bond donors (Lipinski definition) is 0. The standard InChI is InChI=1S/C17H17Cl3/c1-2-3-4-12-5-7-13(8-6-12)17(20)15-11-14(18)9-10-16(15)19/h5-11,17H,2-4H2,1H3. The largest absolute Gasteiger partial charge is 0.113 e. The van der Waals surface area contributed by atoms with E-state index in [1.54, 1.807) is 12.1 Å². The number of alkyl halides is 1. The minimum absolute atomic E-state index is 0.276. The summed E-state index contributed by atoms with van der Waals surface area (Å²) in [5.74, 6) is 0. The van der Waals surface area contributed by atoms with Crippen LogP contribution in [0.1, 0.15) is 41.8 Å². The summed E-state index contributed by atoms with van der Waals surface area (Å²) in [7, 11) is 0. The van der Waals surface area contributed by atoms with Gasteiger partial charge in [0.25, 0.3) is 0 Å². The molecule has 0 aliphatic heterocycles. The number of halogens is 3. The van der Waals surface area contributed by atoms with Crippen LogP contribution in [0, 0.1) is 0 Å². The van der Waals surface area contributed by atoms with Crippen LogP contribution in [0.4, 0.5) is 0 Å². The molecule has 0 bridgehead atoms. The molecule has 2 aromatic rings. The van der Waals surface area contributed by atoms with Crippen LogP contribution < -0.4 is 0 Å². The summed E-state index contributed by atoms with van der Waals surface area (Å²) in [6.45, 7) is 2.20. The normalized spacial score (nSPS) is 12.4. The lowest BCUT2D eigenvalue weighted by atomic mass is 10.0. The van der Waals surface area contributed by atoms with Crippen LogP contribution in [0.2, 0.25) is 10.0 Å². The van der Waals surface area contributed by atoms with Gasteiger partial charge in [-0.05, 0) is 47.7 Å². The number of rotatable bonds is 5. The molecule has 0 aliphatic rings. The van der Waals surface area contributed by atoms with Crippen molar-refractivity contribution >= 4 is 34.8 Å². The lowest BCUT2D eigenvalue weighted by molar-refractivity contribution is 0.794. The van der Waals surface area contributed by atoms with Crippen molar-refractivity contribution in [1.82, 2.24) is 0 Å². The highest BCUT2D eigenvalue weighted by atomic mass is 35.5. The quantitative estimate of drug-likeness (QED) is 0.538. The second kappa shape index (κ2) is 7.36. The summed E-state index contributed by atoms with van der Waals surface area (Å²) in [6, 6.07) is 13.8. The van der Waals surface area contributed by atoms with E-state index < -0.39 is 0 Å². The Morgan fingerprint density at radius 3 is 2.35 bits per heavy atom. The molecular weight excluding hydrogens is 311 g/mol. The van der Waals surface area contributed by atoms with Crippen LogP contribution in [0.5, 0.6) is 0 Å². The minimum atomic E-state index is -0.276. The molecule has 0 saturated carbocycles. The second-order valence-corrected chi connectivity index (χ2v) is 6.15. The molecule has 1 atom stereocenters. The molecule has 0 spiro atoms. The first-order chi connectivity index (χ1) is 9.61. The molecule has 0 nitrogen and oxygen atoms in total. The number of aryl methyl sites for hydroxylation is 1. The van der Waals surface area contributed by atoms with Gasteiger partial charge in [-0.25, -0.2) is 0 Å². The fourth-order valence-electron chi connectivity index (χ4n) is 2.12. The van der Waals surface area contributed by atoms with Gasteiger partial charge in [-0.3, -0.25) is 0 Å². The summed E-state index contributed by atoms with van der Waals surface area (Å²) in [5, 5.41) is 1.01. The van der Waals surface area contributed by atoms with Crippen molar-refractivity contribution in [2.24, 2.45) is 0 Å². The van der Waals surface area contributed by atoms with Gasteiger partial charge >= 0.3 is 0 Å². The first kappa shape index (κ1) is 15.7. The van der Waals surface area contributed by atoms with E-state index >= 15 is 0 Å². The molecular formula is C17H17Cl3. The third kappa shape index (κ3) is 3.91. The smallest absolute Gasteiger partial charge is 0.0850 e. The zero-order valence-corrected chi connectivity index (χ0v) is 13.6. The Kier molecular flexibility index (Phi) is 5.77. The van der Waals surface area contributed by atoms with E-state index in [0.717, 1.165) is 17.5 Å². The van der Waals surface area contributed by atoms with Crippen LogP contribution in [0.15, 0.2) is 42.5 Å². The highest BCUT2D eigenvalue weighted by molar-refractivity contribution is 6.35. The lowest BCUT2D eigenvalue weighted by Crippen LogP contribution is -1.95. The monoisotopic (exact) mass is 326 g/mol.